The molecule has 1 heterocycles. The van der Waals surface area contributed by atoms with E-state index in [1.54, 1.807) is 0 Å². The fourth-order valence-corrected chi connectivity index (χ4v) is 2.16. The first kappa shape index (κ1) is 10.9. The first-order valence-electron chi connectivity index (χ1n) is 5.66. The number of likely N-dealkylation sites (tertiary alicyclic amines) is 1. The van der Waals surface area contributed by atoms with E-state index in [2.05, 4.69) is 37.8 Å². The molecule has 2 nitrogen and oxygen atoms in total. The van der Waals surface area contributed by atoms with Crippen molar-refractivity contribution in [3.05, 3.63) is 48.0 Å². The number of nitrogens with zero attached hydrogens (tertiary/aromatic N) is 1. The number of hydrogen-bond acceptors (Lipinski definition) is 1. The van der Waals surface area contributed by atoms with Crippen LogP contribution in [0.5, 0.6) is 0 Å². The monoisotopic (exact) mass is 215 g/mol. The van der Waals surface area contributed by atoms with Gasteiger partial charge in [0.15, 0.2) is 0 Å². The van der Waals surface area contributed by atoms with Crippen LogP contribution < -0.4 is 0 Å². The highest BCUT2D eigenvalue weighted by Gasteiger charge is 2.29. The molecule has 0 saturated carbocycles. The first-order chi connectivity index (χ1) is 7.70. The van der Waals surface area contributed by atoms with Gasteiger partial charge in [0.25, 0.3) is 0 Å². The Morgan fingerprint density at radius 3 is 2.81 bits per heavy atom. The molecule has 0 spiro atoms. The van der Waals surface area contributed by atoms with Gasteiger partial charge in [-0.3, -0.25) is 4.79 Å². The van der Waals surface area contributed by atoms with E-state index in [9.17, 15) is 4.79 Å². The topological polar surface area (TPSA) is 20.3 Å². The number of rotatable bonds is 3. The van der Waals surface area contributed by atoms with Crippen LogP contribution in [0.4, 0.5) is 0 Å². The van der Waals surface area contributed by atoms with Crippen LogP contribution in [0.2, 0.25) is 0 Å². The predicted octanol–water partition coefficient (Wildman–Crippen LogP) is 2.18. The van der Waals surface area contributed by atoms with Crippen LogP contribution in [-0.4, -0.2) is 23.9 Å². The van der Waals surface area contributed by atoms with E-state index in [-0.39, 0.29) is 5.91 Å². The van der Waals surface area contributed by atoms with E-state index in [4.69, 9.17) is 0 Å². The summed E-state index contributed by atoms with van der Waals surface area (Å²) in [6.45, 7) is 7.38. The molecular formula is C14H17NO. The summed E-state index contributed by atoms with van der Waals surface area (Å²) in [6.07, 6.45) is 2.47. The molecule has 0 radical (unpaired) electrons. The van der Waals surface area contributed by atoms with Crippen molar-refractivity contribution in [3.8, 4) is 0 Å². The molecule has 84 valence electrons. The number of aryl methyl sites for hydroxylation is 1. The zero-order valence-corrected chi connectivity index (χ0v) is 9.65. The summed E-state index contributed by atoms with van der Waals surface area (Å²) in [7, 11) is 0. The molecule has 0 N–H and O–H groups in total. The normalized spacial score (nSPS) is 15.7. The van der Waals surface area contributed by atoms with Gasteiger partial charge in [0, 0.05) is 13.1 Å². The third kappa shape index (κ3) is 2.16. The summed E-state index contributed by atoms with van der Waals surface area (Å²) in [5, 5.41) is 0. The summed E-state index contributed by atoms with van der Waals surface area (Å²) < 4.78 is 0. The largest absolute Gasteiger partial charge is 0.338 e. The van der Waals surface area contributed by atoms with Crippen molar-refractivity contribution in [1.29, 1.82) is 0 Å². The highest BCUT2D eigenvalue weighted by Crippen LogP contribution is 2.22. The number of hydrogen-bond donors (Lipinski definition) is 0. The van der Waals surface area contributed by atoms with Gasteiger partial charge >= 0.3 is 0 Å². The lowest BCUT2D eigenvalue weighted by Crippen LogP contribution is -2.50. The van der Waals surface area contributed by atoms with Crippen LogP contribution >= 0.6 is 0 Å². The Hall–Kier alpha value is -1.57. The van der Waals surface area contributed by atoms with Gasteiger partial charge in [0.05, 0.1) is 0 Å². The average Bonchev–Trinajstić information content (AvgIpc) is 2.24. The van der Waals surface area contributed by atoms with Gasteiger partial charge in [-0.05, 0) is 36.5 Å². The van der Waals surface area contributed by atoms with Crippen molar-refractivity contribution >= 4 is 5.91 Å². The van der Waals surface area contributed by atoms with Gasteiger partial charge in [0.1, 0.15) is 0 Å². The molecule has 1 fully saturated rings. The molecule has 2 heteroatoms. The zero-order valence-electron chi connectivity index (χ0n) is 9.65. The molecule has 1 aromatic carbocycles. The Kier molecular flexibility index (Phi) is 3.09. The van der Waals surface area contributed by atoms with Gasteiger partial charge in [-0.2, -0.15) is 0 Å². The lowest BCUT2D eigenvalue weighted by atomic mass is 9.90. The standard InChI is InChI=1S/C14H17NO/c1-3-14(16)15-9-12(10-15)8-13-7-5-4-6-11(13)2/h3-7,12H,1,8-10H2,2H3. The van der Waals surface area contributed by atoms with E-state index in [1.807, 2.05) is 4.90 Å². The van der Waals surface area contributed by atoms with E-state index < -0.39 is 0 Å². The average molecular weight is 215 g/mol. The van der Waals surface area contributed by atoms with E-state index in [0.717, 1.165) is 19.5 Å². The maximum absolute atomic E-state index is 11.3. The highest BCUT2D eigenvalue weighted by molar-refractivity contribution is 5.87. The third-order valence-electron chi connectivity index (χ3n) is 3.21. The summed E-state index contributed by atoms with van der Waals surface area (Å²) in [4.78, 5) is 13.1. The Balaban J connectivity index is 1.88. The smallest absolute Gasteiger partial charge is 0.245 e. The van der Waals surface area contributed by atoms with Gasteiger partial charge < -0.3 is 4.90 Å². The zero-order chi connectivity index (χ0) is 11.5. The number of amides is 1. The maximum Gasteiger partial charge on any atom is 0.245 e. The molecule has 16 heavy (non-hydrogen) atoms. The first-order valence-corrected chi connectivity index (χ1v) is 5.66. The van der Waals surface area contributed by atoms with Crippen molar-refractivity contribution in [3.63, 3.8) is 0 Å². The van der Waals surface area contributed by atoms with Gasteiger partial charge in [0.2, 0.25) is 5.91 Å². The van der Waals surface area contributed by atoms with Crippen LogP contribution in [0.3, 0.4) is 0 Å². The Bertz CT molecular complexity index is 405. The second kappa shape index (κ2) is 4.52. The third-order valence-corrected chi connectivity index (χ3v) is 3.21. The van der Waals surface area contributed by atoms with E-state index in [1.165, 1.54) is 17.2 Å². The fraction of sp³-hybridized carbons (Fsp3) is 0.357. The van der Waals surface area contributed by atoms with Crippen LogP contribution in [0.1, 0.15) is 11.1 Å². The molecule has 0 aliphatic carbocycles. The molecule has 0 unspecified atom stereocenters. The van der Waals surface area contributed by atoms with Crippen molar-refractivity contribution in [2.75, 3.05) is 13.1 Å². The van der Waals surface area contributed by atoms with Crippen molar-refractivity contribution in [2.24, 2.45) is 5.92 Å². The SMILES string of the molecule is C=CC(=O)N1CC(Cc2ccccc2C)C1. The summed E-state index contributed by atoms with van der Waals surface area (Å²) in [5.41, 5.74) is 2.74. The second-order valence-corrected chi connectivity index (χ2v) is 4.44. The van der Waals surface area contributed by atoms with Gasteiger partial charge in [-0.15, -0.1) is 0 Å². The Morgan fingerprint density at radius 2 is 2.19 bits per heavy atom. The summed E-state index contributed by atoms with van der Waals surface area (Å²) in [5.74, 6) is 0.672. The lowest BCUT2D eigenvalue weighted by molar-refractivity contribution is -0.132. The minimum atomic E-state index is 0.0565. The molecule has 1 aromatic rings. The Morgan fingerprint density at radius 1 is 1.50 bits per heavy atom. The molecule has 0 bridgehead atoms. The van der Waals surface area contributed by atoms with Gasteiger partial charge in [-0.25, -0.2) is 0 Å². The maximum atomic E-state index is 11.3. The van der Waals surface area contributed by atoms with Crippen LogP contribution in [-0.2, 0) is 11.2 Å². The minimum absolute atomic E-state index is 0.0565. The highest BCUT2D eigenvalue weighted by atomic mass is 16.2. The number of carbonyl (C=O) groups excluding carboxylic acids is 1. The molecule has 0 aromatic heterocycles. The summed E-state index contributed by atoms with van der Waals surface area (Å²) >= 11 is 0. The second-order valence-electron chi connectivity index (χ2n) is 4.44. The number of benzene rings is 1. The minimum Gasteiger partial charge on any atom is -0.338 e. The molecule has 1 saturated heterocycles. The van der Waals surface area contributed by atoms with Crippen LogP contribution in [0.15, 0.2) is 36.9 Å². The molecule has 0 atom stereocenters. The van der Waals surface area contributed by atoms with Crippen LogP contribution in [0, 0.1) is 12.8 Å². The fourth-order valence-electron chi connectivity index (χ4n) is 2.16. The van der Waals surface area contributed by atoms with Crippen molar-refractivity contribution in [1.82, 2.24) is 4.90 Å². The van der Waals surface area contributed by atoms with Crippen molar-refractivity contribution < 1.29 is 4.79 Å². The summed E-state index contributed by atoms with van der Waals surface area (Å²) in [6, 6.07) is 8.45. The predicted molar refractivity (Wildman–Crippen MR) is 65.2 cm³/mol. The molecule has 1 amide bonds. The molecule has 1 aliphatic heterocycles. The quantitative estimate of drug-likeness (QED) is 0.708. The van der Waals surface area contributed by atoms with Crippen LogP contribution in [0.25, 0.3) is 0 Å². The molecule has 2 rings (SSSR count). The molecular weight excluding hydrogens is 198 g/mol. The van der Waals surface area contributed by atoms with Gasteiger partial charge in [-0.1, -0.05) is 30.8 Å². The van der Waals surface area contributed by atoms with Crippen molar-refractivity contribution in [2.45, 2.75) is 13.3 Å². The lowest BCUT2D eigenvalue weighted by Gasteiger charge is -2.39. The Labute approximate surface area is 96.6 Å². The molecule has 1 aliphatic rings. The van der Waals surface area contributed by atoms with E-state index >= 15 is 0 Å². The van der Waals surface area contributed by atoms with E-state index in [0.29, 0.717) is 5.92 Å². The number of carbonyl (C=O) groups is 1.